The lowest BCUT2D eigenvalue weighted by atomic mass is 9.98. The zero-order chi connectivity index (χ0) is 31.3. The summed E-state index contributed by atoms with van der Waals surface area (Å²) in [6, 6.07) is 15.5. The van der Waals surface area contributed by atoms with Crippen molar-refractivity contribution in [3.05, 3.63) is 60.2 Å². The van der Waals surface area contributed by atoms with Crippen molar-refractivity contribution in [2.24, 2.45) is 5.73 Å². The molecular formula is C35H51ClN2O6. The first-order valence-corrected chi connectivity index (χ1v) is 16.0. The molecule has 4 N–H and O–H groups in total. The summed E-state index contributed by atoms with van der Waals surface area (Å²) < 4.78 is 5.72. The Morgan fingerprint density at radius 3 is 1.93 bits per heavy atom. The molecule has 0 spiro atoms. The molecule has 2 rings (SSSR count). The maximum absolute atomic E-state index is 13.4. The van der Waals surface area contributed by atoms with Crippen LogP contribution in [0.4, 0.5) is 0 Å². The van der Waals surface area contributed by atoms with E-state index in [0.29, 0.717) is 17.5 Å². The van der Waals surface area contributed by atoms with E-state index in [9.17, 15) is 19.2 Å². The first-order chi connectivity index (χ1) is 20.8. The number of halogens is 1. The van der Waals surface area contributed by atoms with Crippen LogP contribution in [0.15, 0.2) is 54.6 Å². The van der Waals surface area contributed by atoms with Gasteiger partial charge in [-0.1, -0.05) is 120 Å². The summed E-state index contributed by atoms with van der Waals surface area (Å²) in [4.78, 5) is 49.6. The molecular weight excluding hydrogens is 580 g/mol. The molecule has 0 fully saturated rings. The van der Waals surface area contributed by atoms with E-state index in [-0.39, 0.29) is 38.1 Å². The number of nitrogens with one attached hydrogen (secondary N) is 1. The van der Waals surface area contributed by atoms with Crippen LogP contribution in [-0.4, -0.2) is 41.0 Å². The number of carbonyl (C=O) groups excluding carboxylic acids is 3. The Kier molecular flexibility index (Phi) is 20.2. The van der Waals surface area contributed by atoms with Gasteiger partial charge < -0.3 is 20.9 Å². The van der Waals surface area contributed by atoms with Crippen LogP contribution in [0.3, 0.4) is 0 Å². The van der Waals surface area contributed by atoms with Gasteiger partial charge in [0, 0.05) is 12.0 Å². The maximum Gasteiger partial charge on any atom is 0.328 e. The van der Waals surface area contributed by atoms with E-state index >= 15 is 0 Å². The number of amides is 2. The van der Waals surface area contributed by atoms with E-state index < -0.39 is 35.9 Å². The monoisotopic (exact) mass is 630 g/mol. The minimum atomic E-state index is -1.07. The molecule has 0 bridgehead atoms. The summed E-state index contributed by atoms with van der Waals surface area (Å²) in [5, 5.41) is 11.9. The molecule has 2 amide bonds. The first kappa shape index (κ1) is 38.6. The molecule has 2 atom stereocenters. The molecule has 0 aliphatic rings. The topological polar surface area (TPSA) is 136 Å². The molecule has 0 aliphatic carbocycles. The Bertz CT molecular complexity index is 1130. The zero-order valence-corrected chi connectivity index (χ0v) is 27.0. The largest absolute Gasteiger partial charge is 0.481 e. The molecule has 8 nitrogen and oxygen atoms in total. The molecule has 0 saturated heterocycles. The van der Waals surface area contributed by atoms with Crippen molar-refractivity contribution in [2.45, 2.75) is 122 Å². The lowest BCUT2D eigenvalue weighted by Gasteiger charge is -2.22. The number of ether oxygens (including phenoxy) is 1. The molecule has 0 aliphatic heterocycles. The summed E-state index contributed by atoms with van der Waals surface area (Å²) in [5.74, 6) is -2.71. The average Bonchev–Trinajstić information content (AvgIpc) is 2.99. The van der Waals surface area contributed by atoms with Gasteiger partial charge in [0.25, 0.3) is 5.91 Å². The average molecular weight is 631 g/mol. The summed E-state index contributed by atoms with van der Waals surface area (Å²) in [7, 11) is 0. The normalized spacial score (nSPS) is 12.0. The number of hydrogen-bond acceptors (Lipinski definition) is 5. The van der Waals surface area contributed by atoms with Crippen molar-refractivity contribution in [2.75, 3.05) is 0 Å². The molecule has 0 radical (unpaired) electrons. The Labute approximate surface area is 268 Å². The predicted octanol–water partition coefficient (Wildman–Crippen LogP) is 7.62. The third kappa shape index (κ3) is 15.9. The zero-order valence-electron chi connectivity index (χ0n) is 26.1. The second-order valence-corrected chi connectivity index (χ2v) is 11.3. The maximum atomic E-state index is 13.4. The van der Waals surface area contributed by atoms with Gasteiger partial charge >= 0.3 is 11.9 Å². The van der Waals surface area contributed by atoms with E-state index in [4.69, 9.17) is 15.6 Å². The van der Waals surface area contributed by atoms with Crippen LogP contribution in [-0.2, 0) is 19.1 Å². The van der Waals surface area contributed by atoms with Crippen LogP contribution in [0.1, 0.15) is 120 Å². The number of benzene rings is 2. The molecule has 2 aromatic carbocycles. The Balaban J connectivity index is 0.00000968. The van der Waals surface area contributed by atoms with E-state index in [2.05, 4.69) is 12.2 Å². The molecule has 2 aromatic rings. The molecule has 0 unspecified atom stereocenters. The van der Waals surface area contributed by atoms with Crippen LogP contribution >= 0.6 is 12.4 Å². The fourth-order valence-electron chi connectivity index (χ4n) is 5.20. The number of primary amides is 1. The highest BCUT2D eigenvalue weighted by Crippen LogP contribution is 2.24. The molecule has 44 heavy (non-hydrogen) atoms. The molecule has 0 heterocycles. The summed E-state index contributed by atoms with van der Waals surface area (Å²) in [6.07, 6.45) is 12.8. The van der Waals surface area contributed by atoms with Crippen LogP contribution < -0.4 is 11.1 Å². The first-order valence-electron chi connectivity index (χ1n) is 16.0. The lowest BCUT2D eigenvalue weighted by Crippen LogP contribution is -2.43. The SMILES string of the molecule is CCCCCCCCCCCCC[C@@H](CC(N)=O)OC(=O)[C@H](CCCC(=O)O)NC(=O)c1ccccc1-c1ccccc1.Cl. The van der Waals surface area contributed by atoms with Crippen molar-refractivity contribution in [3.8, 4) is 11.1 Å². The molecule has 244 valence electrons. The van der Waals surface area contributed by atoms with Gasteiger partial charge in [0.15, 0.2) is 0 Å². The minimum Gasteiger partial charge on any atom is -0.481 e. The van der Waals surface area contributed by atoms with E-state index in [1.165, 1.54) is 44.9 Å². The van der Waals surface area contributed by atoms with Crippen LogP contribution in [0.2, 0.25) is 0 Å². The summed E-state index contributed by atoms with van der Waals surface area (Å²) in [6.45, 7) is 2.22. The minimum absolute atomic E-state index is 0. The Morgan fingerprint density at radius 1 is 0.773 bits per heavy atom. The summed E-state index contributed by atoms with van der Waals surface area (Å²) >= 11 is 0. The number of nitrogens with two attached hydrogens (primary N) is 1. The molecule has 0 saturated carbocycles. The van der Waals surface area contributed by atoms with Gasteiger partial charge in [-0.05, 0) is 42.9 Å². The van der Waals surface area contributed by atoms with Crippen LogP contribution in [0.25, 0.3) is 11.1 Å². The van der Waals surface area contributed by atoms with Gasteiger partial charge in [0.05, 0.1) is 6.42 Å². The van der Waals surface area contributed by atoms with Crippen molar-refractivity contribution >= 4 is 36.2 Å². The number of esters is 1. The van der Waals surface area contributed by atoms with Gasteiger partial charge in [-0.25, -0.2) is 4.79 Å². The standard InChI is InChI=1S/C35H50N2O6.ClH/c1-2-3-4-5-6-7-8-9-10-11-15-21-28(26-32(36)38)43-35(42)31(24-18-25-33(39)40)37-34(41)30-23-17-16-22-29(30)27-19-13-12-14-20-27;/h12-14,16-17,19-20,22-23,28,31H,2-11,15,18,21,24-26H2,1H3,(H2,36,38)(H,37,41)(H,39,40);1H/t28-,31-;/m0./s1. The van der Waals surface area contributed by atoms with E-state index in [1.54, 1.807) is 12.1 Å². The van der Waals surface area contributed by atoms with E-state index in [0.717, 1.165) is 31.2 Å². The summed E-state index contributed by atoms with van der Waals surface area (Å²) in [5.41, 5.74) is 7.40. The number of hydrogen-bond donors (Lipinski definition) is 3. The van der Waals surface area contributed by atoms with Crippen molar-refractivity contribution in [3.63, 3.8) is 0 Å². The predicted molar refractivity (Wildman–Crippen MR) is 177 cm³/mol. The quantitative estimate of drug-likeness (QED) is 0.0853. The molecule has 0 aromatic heterocycles. The Hall–Kier alpha value is -3.39. The third-order valence-corrected chi connectivity index (χ3v) is 7.57. The van der Waals surface area contributed by atoms with E-state index in [1.807, 2.05) is 42.5 Å². The number of aliphatic carboxylic acids is 1. The van der Waals surface area contributed by atoms with Crippen LogP contribution in [0, 0.1) is 0 Å². The highest BCUT2D eigenvalue weighted by Gasteiger charge is 2.27. The van der Waals surface area contributed by atoms with Gasteiger partial charge in [-0.3, -0.25) is 14.4 Å². The van der Waals surface area contributed by atoms with Crippen molar-refractivity contribution in [1.82, 2.24) is 5.32 Å². The highest BCUT2D eigenvalue weighted by atomic mass is 35.5. The number of carboxylic acids is 1. The smallest absolute Gasteiger partial charge is 0.328 e. The van der Waals surface area contributed by atoms with Gasteiger partial charge in [0.1, 0.15) is 12.1 Å². The molecule has 9 heteroatoms. The van der Waals surface area contributed by atoms with Gasteiger partial charge in [0.2, 0.25) is 5.91 Å². The Morgan fingerprint density at radius 2 is 1.34 bits per heavy atom. The second kappa shape index (κ2) is 23.1. The fourth-order valence-corrected chi connectivity index (χ4v) is 5.20. The fraction of sp³-hybridized carbons (Fsp3) is 0.543. The van der Waals surface area contributed by atoms with Crippen molar-refractivity contribution < 1.29 is 29.0 Å². The van der Waals surface area contributed by atoms with Crippen LogP contribution in [0.5, 0.6) is 0 Å². The van der Waals surface area contributed by atoms with Gasteiger partial charge in [-0.15, -0.1) is 12.4 Å². The highest BCUT2D eigenvalue weighted by molar-refractivity contribution is 6.02. The van der Waals surface area contributed by atoms with Crippen molar-refractivity contribution in [1.29, 1.82) is 0 Å². The number of unbranched alkanes of at least 4 members (excludes halogenated alkanes) is 10. The lowest BCUT2D eigenvalue weighted by molar-refractivity contribution is -0.153. The number of carbonyl (C=O) groups is 4. The third-order valence-electron chi connectivity index (χ3n) is 7.57. The second-order valence-electron chi connectivity index (χ2n) is 11.3. The number of carboxylic acid groups (broad SMARTS) is 1. The number of rotatable bonds is 23. The van der Waals surface area contributed by atoms with Gasteiger partial charge in [-0.2, -0.15) is 0 Å².